The first-order valence-electron chi connectivity index (χ1n) is 9.80. The van der Waals surface area contributed by atoms with Gasteiger partial charge in [0.05, 0.1) is 6.10 Å². The third-order valence-electron chi connectivity index (χ3n) is 5.62. The topological polar surface area (TPSA) is 20.2 Å². The number of aliphatic hydroxyl groups is 1. The molecule has 1 N–H and O–H groups in total. The lowest BCUT2D eigenvalue weighted by Crippen LogP contribution is -2.61. The maximum absolute atomic E-state index is 11.0. The minimum absolute atomic E-state index is 0.172. The normalized spacial score (nSPS) is 13.5. The molecule has 0 bridgehead atoms. The van der Waals surface area contributed by atoms with Crippen LogP contribution in [0, 0.1) is 0 Å². The first-order valence-corrected chi connectivity index (χ1v) is 12.1. The molecule has 0 aliphatic heterocycles. The van der Waals surface area contributed by atoms with Gasteiger partial charge in [-0.15, -0.1) is 13.2 Å². The zero-order valence-electron chi connectivity index (χ0n) is 16.2. The molecule has 142 valence electrons. The van der Waals surface area contributed by atoms with Gasteiger partial charge >= 0.3 is 0 Å². The van der Waals surface area contributed by atoms with Gasteiger partial charge in [0.25, 0.3) is 0 Å². The van der Waals surface area contributed by atoms with Crippen molar-refractivity contribution in [3.8, 4) is 0 Å². The maximum Gasteiger partial charge on any atom is 0.128 e. The smallest absolute Gasteiger partial charge is 0.128 e. The van der Waals surface area contributed by atoms with Crippen molar-refractivity contribution < 1.29 is 5.11 Å². The first kappa shape index (κ1) is 20.1. The van der Waals surface area contributed by atoms with Gasteiger partial charge in [0.1, 0.15) is 8.07 Å². The SMILES string of the molecule is C=CC[Si](c1ccccc1)(c1ccccc1)[C@@H](C=C)C[C@@H](O)c1ccccc1. The van der Waals surface area contributed by atoms with Gasteiger partial charge in [-0.05, 0) is 23.6 Å². The van der Waals surface area contributed by atoms with Gasteiger partial charge in [-0.2, -0.15) is 0 Å². The highest BCUT2D eigenvalue weighted by atomic mass is 28.3. The summed E-state index contributed by atoms with van der Waals surface area (Å²) in [5.74, 6) is 0. The second-order valence-corrected chi connectivity index (χ2v) is 11.4. The van der Waals surface area contributed by atoms with E-state index in [4.69, 9.17) is 0 Å². The van der Waals surface area contributed by atoms with Gasteiger partial charge < -0.3 is 5.11 Å². The van der Waals surface area contributed by atoms with E-state index < -0.39 is 14.2 Å². The van der Waals surface area contributed by atoms with Crippen LogP contribution in [0.4, 0.5) is 0 Å². The molecular formula is C26H28OSi. The van der Waals surface area contributed by atoms with E-state index in [0.717, 1.165) is 11.6 Å². The Hall–Kier alpha value is -2.68. The summed E-state index contributed by atoms with van der Waals surface area (Å²) in [5, 5.41) is 13.7. The maximum atomic E-state index is 11.0. The number of benzene rings is 3. The Balaban J connectivity index is 2.10. The van der Waals surface area contributed by atoms with Crippen LogP contribution in [0.2, 0.25) is 11.6 Å². The Labute approximate surface area is 169 Å². The summed E-state index contributed by atoms with van der Waals surface area (Å²) in [6.45, 7) is 8.28. The molecule has 0 saturated heterocycles. The highest BCUT2D eigenvalue weighted by Crippen LogP contribution is 2.35. The zero-order chi connectivity index (χ0) is 19.8. The summed E-state index contributed by atoms with van der Waals surface area (Å²) >= 11 is 0. The van der Waals surface area contributed by atoms with E-state index in [0.29, 0.717) is 6.42 Å². The van der Waals surface area contributed by atoms with E-state index in [9.17, 15) is 5.11 Å². The quantitative estimate of drug-likeness (QED) is 0.401. The Morgan fingerprint density at radius 3 is 1.64 bits per heavy atom. The molecule has 0 aliphatic carbocycles. The van der Waals surface area contributed by atoms with Crippen molar-refractivity contribution in [2.75, 3.05) is 0 Å². The molecular weight excluding hydrogens is 356 g/mol. The number of hydrogen-bond acceptors (Lipinski definition) is 1. The van der Waals surface area contributed by atoms with Crippen LogP contribution >= 0.6 is 0 Å². The Bertz CT molecular complexity index is 835. The monoisotopic (exact) mass is 384 g/mol. The van der Waals surface area contributed by atoms with Crippen LogP contribution in [-0.4, -0.2) is 13.2 Å². The van der Waals surface area contributed by atoms with Crippen molar-refractivity contribution in [3.05, 3.63) is 122 Å². The van der Waals surface area contributed by atoms with Crippen LogP contribution in [0.15, 0.2) is 116 Å². The third-order valence-corrected chi connectivity index (χ3v) is 11.0. The Morgan fingerprint density at radius 1 is 0.750 bits per heavy atom. The van der Waals surface area contributed by atoms with Crippen molar-refractivity contribution in [3.63, 3.8) is 0 Å². The molecule has 0 spiro atoms. The van der Waals surface area contributed by atoms with Crippen molar-refractivity contribution in [1.82, 2.24) is 0 Å². The molecule has 0 heterocycles. The summed E-state index contributed by atoms with van der Waals surface area (Å²) in [5.41, 5.74) is 1.13. The van der Waals surface area contributed by atoms with Crippen LogP contribution in [0.1, 0.15) is 18.1 Å². The minimum Gasteiger partial charge on any atom is -0.388 e. The van der Waals surface area contributed by atoms with Gasteiger partial charge in [0.2, 0.25) is 0 Å². The standard InChI is InChI=1S/C26H28OSi/c1-3-20-28(24-16-10-6-11-17-24,25-18-12-7-13-19-25)23(4-2)21-26(27)22-14-8-5-9-15-22/h3-19,23,26-27H,1-2,20-21H2/t23-,26+/m0/s1. The van der Waals surface area contributed by atoms with Gasteiger partial charge in [-0.3, -0.25) is 0 Å². The van der Waals surface area contributed by atoms with E-state index in [1.54, 1.807) is 0 Å². The minimum atomic E-state index is -2.27. The first-order chi connectivity index (χ1) is 13.7. The molecule has 28 heavy (non-hydrogen) atoms. The molecule has 0 fully saturated rings. The molecule has 0 saturated carbocycles. The number of hydrogen-bond donors (Lipinski definition) is 1. The van der Waals surface area contributed by atoms with Crippen molar-refractivity contribution in [2.24, 2.45) is 0 Å². The molecule has 3 rings (SSSR count). The second kappa shape index (κ2) is 9.49. The van der Waals surface area contributed by atoms with Gasteiger partial charge in [-0.1, -0.05) is 114 Å². The highest BCUT2D eigenvalue weighted by Gasteiger charge is 2.42. The fourth-order valence-corrected chi connectivity index (χ4v) is 9.25. The Kier molecular flexibility index (Phi) is 6.80. The van der Waals surface area contributed by atoms with E-state index in [1.807, 2.05) is 36.4 Å². The Morgan fingerprint density at radius 2 is 1.21 bits per heavy atom. The molecule has 2 heteroatoms. The fourth-order valence-electron chi connectivity index (χ4n) is 4.23. The summed E-state index contributed by atoms with van der Waals surface area (Å²) in [7, 11) is -2.27. The largest absolute Gasteiger partial charge is 0.388 e. The number of aliphatic hydroxyl groups excluding tert-OH is 1. The molecule has 0 unspecified atom stereocenters. The highest BCUT2D eigenvalue weighted by molar-refractivity contribution is 7.03. The van der Waals surface area contributed by atoms with Crippen LogP contribution in [0.25, 0.3) is 0 Å². The molecule has 1 nitrogen and oxygen atoms in total. The second-order valence-electron chi connectivity index (χ2n) is 7.20. The van der Waals surface area contributed by atoms with Gasteiger partial charge in [-0.25, -0.2) is 0 Å². The van der Waals surface area contributed by atoms with Gasteiger partial charge in [0.15, 0.2) is 0 Å². The van der Waals surface area contributed by atoms with Gasteiger partial charge in [0, 0.05) is 0 Å². The van der Waals surface area contributed by atoms with E-state index in [2.05, 4.69) is 79.9 Å². The van der Waals surface area contributed by atoms with Crippen LogP contribution < -0.4 is 10.4 Å². The van der Waals surface area contributed by atoms with Crippen LogP contribution in [0.3, 0.4) is 0 Å². The number of rotatable bonds is 9. The number of allylic oxidation sites excluding steroid dienone is 2. The predicted molar refractivity (Wildman–Crippen MR) is 123 cm³/mol. The molecule has 0 amide bonds. The lowest BCUT2D eigenvalue weighted by molar-refractivity contribution is 0.168. The van der Waals surface area contributed by atoms with E-state index in [-0.39, 0.29) is 5.54 Å². The average Bonchev–Trinajstić information content (AvgIpc) is 2.77. The molecule has 3 aromatic rings. The lowest BCUT2D eigenvalue weighted by Gasteiger charge is -2.39. The summed E-state index contributed by atoms with van der Waals surface area (Å²) < 4.78 is 0. The van der Waals surface area contributed by atoms with Crippen molar-refractivity contribution in [2.45, 2.75) is 24.1 Å². The van der Waals surface area contributed by atoms with Crippen LogP contribution in [-0.2, 0) is 0 Å². The molecule has 0 aliphatic rings. The van der Waals surface area contributed by atoms with E-state index >= 15 is 0 Å². The fraction of sp³-hybridized carbons (Fsp3) is 0.154. The van der Waals surface area contributed by atoms with Crippen molar-refractivity contribution in [1.29, 1.82) is 0 Å². The molecule has 0 radical (unpaired) electrons. The molecule has 0 aromatic heterocycles. The summed E-state index contributed by atoms with van der Waals surface area (Å²) in [6.07, 6.45) is 4.23. The molecule has 3 aromatic carbocycles. The lowest BCUT2D eigenvalue weighted by atomic mass is 10.0. The summed E-state index contributed by atoms with van der Waals surface area (Å²) in [4.78, 5) is 0. The van der Waals surface area contributed by atoms with E-state index in [1.165, 1.54) is 10.4 Å². The predicted octanol–water partition coefficient (Wildman–Crippen LogP) is 5.12. The van der Waals surface area contributed by atoms with Crippen LogP contribution in [0.5, 0.6) is 0 Å². The van der Waals surface area contributed by atoms with Crippen molar-refractivity contribution >= 4 is 18.4 Å². The zero-order valence-corrected chi connectivity index (χ0v) is 17.2. The third kappa shape index (κ3) is 4.09. The summed E-state index contributed by atoms with van der Waals surface area (Å²) in [6, 6.07) is 32.3. The molecule has 2 atom stereocenters. The average molecular weight is 385 g/mol.